The van der Waals surface area contributed by atoms with Crippen LogP contribution >= 0.6 is 0 Å². The zero-order valence-electron chi connectivity index (χ0n) is 15.1. The quantitative estimate of drug-likeness (QED) is 0.688. The third-order valence-corrected chi connectivity index (χ3v) is 3.97. The molecule has 1 heterocycles. The molecule has 2 amide bonds. The van der Waals surface area contributed by atoms with Crippen molar-refractivity contribution < 1.29 is 18.7 Å². The number of para-hydroxylation sites is 1. The van der Waals surface area contributed by atoms with Crippen LogP contribution in [0.25, 0.3) is 0 Å². The number of anilines is 1. The first kappa shape index (κ1) is 19.0. The molecule has 6 nitrogen and oxygen atoms in total. The van der Waals surface area contributed by atoms with Gasteiger partial charge in [0.1, 0.15) is 17.3 Å². The number of methoxy groups -OCH3 is 1. The Labute approximate surface area is 161 Å². The Hall–Kier alpha value is -3.74. The van der Waals surface area contributed by atoms with Gasteiger partial charge >= 0.3 is 0 Å². The number of hydrogen-bond acceptors (Lipinski definition) is 4. The molecular weight excluding hydrogens is 361 g/mol. The molecule has 0 bridgehead atoms. The van der Waals surface area contributed by atoms with Gasteiger partial charge in [0.05, 0.1) is 7.11 Å². The van der Waals surface area contributed by atoms with Crippen molar-refractivity contribution in [3.63, 3.8) is 0 Å². The van der Waals surface area contributed by atoms with Crippen molar-refractivity contribution in [2.45, 2.75) is 6.54 Å². The number of nitrogens with one attached hydrogen (secondary N) is 2. The molecule has 0 aliphatic rings. The predicted octanol–water partition coefficient (Wildman–Crippen LogP) is 3.41. The standard InChI is InChI=1S/C21H18FN3O3/c1-28-19-8-3-2-5-15(19)13-24-20(26)14-9-10-23-18(11-14)21(27)25-17-7-4-6-16(22)12-17/h2-12H,13H2,1H3,(H,24,26)(H,25,27). The maximum Gasteiger partial charge on any atom is 0.274 e. The molecule has 0 spiro atoms. The van der Waals surface area contributed by atoms with E-state index >= 15 is 0 Å². The maximum atomic E-state index is 13.2. The highest BCUT2D eigenvalue weighted by atomic mass is 19.1. The van der Waals surface area contributed by atoms with E-state index in [1.165, 1.54) is 36.5 Å². The van der Waals surface area contributed by atoms with Gasteiger partial charge in [-0.2, -0.15) is 0 Å². The fraction of sp³-hybridized carbons (Fsp3) is 0.0952. The second-order valence-corrected chi connectivity index (χ2v) is 5.89. The summed E-state index contributed by atoms with van der Waals surface area (Å²) in [6, 6.07) is 15.8. The molecule has 142 valence electrons. The number of nitrogens with zero attached hydrogens (tertiary/aromatic N) is 1. The normalized spacial score (nSPS) is 10.2. The van der Waals surface area contributed by atoms with E-state index in [-0.39, 0.29) is 23.7 Å². The topological polar surface area (TPSA) is 80.3 Å². The number of carbonyl (C=O) groups is 2. The van der Waals surface area contributed by atoms with Crippen molar-refractivity contribution in [3.8, 4) is 5.75 Å². The van der Waals surface area contributed by atoms with E-state index in [9.17, 15) is 14.0 Å². The highest BCUT2D eigenvalue weighted by molar-refractivity contribution is 6.04. The summed E-state index contributed by atoms with van der Waals surface area (Å²) in [6.07, 6.45) is 1.37. The Morgan fingerprint density at radius 2 is 1.86 bits per heavy atom. The first-order valence-electron chi connectivity index (χ1n) is 8.50. The molecule has 28 heavy (non-hydrogen) atoms. The number of halogens is 1. The van der Waals surface area contributed by atoms with Gasteiger partial charge in [0.15, 0.2) is 0 Å². The zero-order valence-corrected chi connectivity index (χ0v) is 15.1. The molecule has 0 atom stereocenters. The smallest absolute Gasteiger partial charge is 0.274 e. The van der Waals surface area contributed by atoms with Crippen LogP contribution in [0.2, 0.25) is 0 Å². The van der Waals surface area contributed by atoms with Gasteiger partial charge in [0, 0.05) is 29.6 Å². The summed E-state index contributed by atoms with van der Waals surface area (Å²) in [5, 5.41) is 5.33. The lowest BCUT2D eigenvalue weighted by molar-refractivity contribution is 0.0950. The van der Waals surface area contributed by atoms with Crippen molar-refractivity contribution in [2.75, 3.05) is 12.4 Å². The molecule has 0 radical (unpaired) electrons. The molecule has 0 unspecified atom stereocenters. The van der Waals surface area contributed by atoms with Gasteiger partial charge in [-0.3, -0.25) is 14.6 Å². The van der Waals surface area contributed by atoms with Gasteiger partial charge in [0.25, 0.3) is 11.8 Å². The van der Waals surface area contributed by atoms with E-state index in [2.05, 4.69) is 15.6 Å². The minimum Gasteiger partial charge on any atom is -0.496 e. The molecular formula is C21H18FN3O3. The van der Waals surface area contributed by atoms with Crippen molar-refractivity contribution in [1.82, 2.24) is 10.3 Å². The third kappa shape index (κ3) is 4.70. The Morgan fingerprint density at radius 1 is 1.04 bits per heavy atom. The van der Waals surface area contributed by atoms with E-state index < -0.39 is 11.7 Å². The largest absolute Gasteiger partial charge is 0.496 e. The minimum atomic E-state index is -0.537. The first-order valence-corrected chi connectivity index (χ1v) is 8.50. The summed E-state index contributed by atoms with van der Waals surface area (Å²) in [5.41, 5.74) is 1.47. The monoisotopic (exact) mass is 379 g/mol. The molecule has 1 aromatic heterocycles. The molecule has 2 aromatic carbocycles. The number of rotatable bonds is 6. The van der Waals surface area contributed by atoms with Gasteiger partial charge in [-0.1, -0.05) is 24.3 Å². The Bertz CT molecular complexity index is 1010. The molecule has 0 aliphatic heterocycles. The van der Waals surface area contributed by atoms with Crippen molar-refractivity contribution in [3.05, 3.63) is 89.5 Å². The number of hydrogen-bond donors (Lipinski definition) is 2. The number of pyridine rings is 1. The van der Waals surface area contributed by atoms with Crippen molar-refractivity contribution in [1.29, 1.82) is 0 Å². The molecule has 0 saturated carbocycles. The van der Waals surface area contributed by atoms with Crippen LogP contribution in [0.15, 0.2) is 66.9 Å². The lowest BCUT2D eigenvalue weighted by atomic mass is 10.1. The summed E-state index contributed by atoms with van der Waals surface area (Å²) < 4.78 is 18.5. The second kappa shape index (κ2) is 8.77. The van der Waals surface area contributed by atoms with Gasteiger partial charge in [-0.15, -0.1) is 0 Å². The summed E-state index contributed by atoms with van der Waals surface area (Å²) in [4.78, 5) is 28.7. The van der Waals surface area contributed by atoms with Crippen LogP contribution in [-0.4, -0.2) is 23.9 Å². The minimum absolute atomic E-state index is 0.0502. The number of aromatic nitrogens is 1. The maximum absolute atomic E-state index is 13.2. The van der Waals surface area contributed by atoms with Gasteiger partial charge in [-0.05, 0) is 36.4 Å². The molecule has 0 fully saturated rings. The summed E-state index contributed by atoms with van der Waals surface area (Å²) in [7, 11) is 1.56. The SMILES string of the molecule is COc1ccccc1CNC(=O)c1ccnc(C(=O)Nc2cccc(F)c2)c1. The van der Waals surface area contributed by atoms with Crippen LogP contribution in [0.4, 0.5) is 10.1 Å². The molecule has 3 rings (SSSR count). The zero-order chi connectivity index (χ0) is 19.9. The fourth-order valence-corrected chi connectivity index (χ4v) is 2.58. The van der Waals surface area contributed by atoms with Crippen LogP contribution in [0.3, 0.4) is 0 Å². The average Bonchev–Trinajstić information content (AvgIpc) is 2.72. The highest BCUT2D eigenvalue weighted by Crippen LogP contribution is 2.17. The van der Waals surface area contributed by atoms with Crippen LogP contribution in [0.5, 0.6) is 5.75 Å². The van der Waals surface area contributed by atoms with Gasteiger partial charge in [-0.25, -0.2) is 4.39 Å². The summed E-state index contributed by atoms with van der Waals surface area (Å²) in [6.45, 7) is 0.274. The molecule has 0 saturated heterocycles. The average molecular weight is 379 g/mol. The van der Waals surface area contributed by atoms with Crippen LogP contribution < -0.4 is 15.4 Å². The van der Waals surface area contributed by atoms with E-state index in [0.29, 0.717) is 11.4 Å². The number of amides is 2. The Morgan fingerprint density at radius 3 is 2.64 bits per heavy atom. The van der Waals surface area contributed by atoms with Gasteiger partial charge in [0.2, 0.25) is 0 Å². The summed E-state index contributed by atoms with van der Waals surface area (Å²) in [5.74, 6) is -0.680. The van der Waals surface area contributed by atoms with Gasteiger partial charge < -0.3 is 15.4 Å². The van der Waals surface area contributed by atoms with E-state index in [1.54, 1.807) is 13.2 Å². The third-order valence-electron chi connectivity index (χ3n) is 3.97. The molecule has 0 aliphatic carbocycles. The van der Waals surface area contributed by atoms with Crippen LogP contribution in [0.1, 0.15) is 26.4 Å². The Kier molecular flexibility index (Phi) is 5.96. The van der Waals surface area contributed by atoms with Crippen LogP contribution in [-0.2, 0) is 6.54 Å². The number of ether oxygens (including phenoxy) is 1. The number of carbonyl (C=O) groups excluding carboxylic acids is 2. The van der Waals surface area contributed by atoms with E-state index in [0.717, 1.165) is 5.56 Å². The lowest BCUT2D eigenvalue weighted by Gasteiger charge is -2.10. The van der Waals surface area contributed by atoms with Crippen molar-refractivity contribution in [2.24, 2.45) is 0 Å². The molecule has 7 heteroatoms. The van der Waals surface area contributed by atoms with E-state index in [4.69, 9.17) is 4.74 Å². The molecule has 3 aromatic rings. The first-order chi connectivity index (χ1) is 13.6. The van der Waals surface area contributed by atoms with Crippen molar-refractivity contribution >= 4 is 17.5 Å². The number of benzene rings is 2. The fourth-order valence-electron chi connectivity index (χ4n) is 2.58. The Balaban J connectivity index is 1.68. The summed E-state index contributed by atoms with van der Waals surface area (Å²) >= 11 is 0. The predicted molar refractivity (Wildman–Crippen MR) is 103 cm³/mol. The van der Waals surface area contributed by atoms with E-state index in [1.807, 2.05) is 24.3 Å². The molecule has 2 N–H and O–H groups in total. The second-order valence-electron chi connectivity index (χ2n) is 5.89. The van der Waals surface area contributed by atoms with Crippen LogP contribution in [0, 0.1) is 5.82 Å². The highest BCUT2D eigenvalue weighted by Gasteiger charge is 2.13. The lowest BCUT2D eigenvalue weighted by Crippen LogP contribution is -2.24.